The summed E-state index contributed by atoms with van der Waals surface area (Å²) in [6.45, 7) is 2.67. The normalized spacial score (nSPS) is 14.7. The summed E-state index contributed by atoms with van der Waals surface area (Å²) in [4.78, 5) is 38.1. The fraction of sp³-hybridized carbons (Fsp3) is 0.438. The quantitative estimate of drug-likeness (QED) is 0.846. The molecule has 7 heteroatoms. The number of piperazine rings is 1. The molecular weight excluding hydrogens is 306 g/mol. The molecule has 1 aliphatic rings. The van der Waals surface area contributed by atoms with Gasteiger partial charge in [-0.2, -0.15) is 0 Å². The zero-order valence-electron chi connectivity index (χ0n) is 12.8. The molecule has 5 nitrogen and oxygen atoms in total. The van der Waals surface area contributed by atoms with Gasteiger partial charge in [-0.3, -0.25) is 9.59 Å². The summed E-state index contributed by atoms with van der Waals surface area (Å²) in [5.41, 5.74) is -0.178. The van der Waals surface area contributed by atoms with E-state index in [4.69, 9.17) is 0 Å². The number of hydrogen-bond acceptors (Lipinski definition) is 3. The zero-order chi connectivity index (χ0) is 17.0. The molecule has 1 heterocycles. The topological polar surface area (TPSA) is 57.7 Å². The lowest BCUT2D eigenvalue weighted by atomic mass is 10.1. The molecule has 0 spiro atoms. The van der Waals surface area contributed by atoms with Crippen LogP contribution in [0.15, 0.2) is 18.2 Å². The third-order valence-corrected chi connectivity index (χ3v) is 3.77. The van der Waals surface area contributed by atoms with Gasteiger partial charge in [-0.15, -0.1) is 0 Å². The Bertz CT molecular complexity index is 626. The van der Waals surface area contributed by atoms with Gasteiger partial charge >= 0.3 is 0 Å². The fourth-order valence-electron chi connectivity index (χ4n) is 2.43. The predicted molar refractivity (Wildman–Crippen MR) is 78.8 cm³/mol. The second kappa shape index (κ2) is 7.30. The molecule has 0 radical (unpaired) electrons. The summed E-state index contributed by atoms with van der Waals surface area (Å²) in [7, 11) is 0. The van der Waals surface area contributed by atoms with E-state index in [0.717, 1.165) is 12.1 Å². The molecule has 124 valence electrons. The van der Waals surface area contributed by atoms with Crippen molar-refractivity contribution in [2.75, 3.05) is 26.2 Å². The molecule has 1 fully saturated rings. The van der Waals surface area contributed by atoms with Gasteiger partial charge in [0.1, 0.15) is 17.4 Å². The van der Waals surface area contributed by atoms with Crippen molar-refractivity contribution in [2.24, 2.45) is 0 Å². The van der Waals surface area contributed by atoms with Crippen molar-refractivity contribution in [1.29, 1.82) is 0 Å². The second-order valence-electron chi connectivity index (χ2n) is 5.50. The number of Topliss-reactive ketones (excluding diaryl/α,β-unsaturated/α-hetero) is 1. The first kappa shape index (κ1) is 17.1. The number of halogens is 2. The van der Waals surface area contributed by atoms with E-state index in [1.54, 1.807) is 4.90 Å². The summed E-state index contributed by atoms with van der Waals surface area (Å²) in [5.74, 6) is -2.31. The number of amides is 2. The number of carbonyl (C=O) groups excluding carboxylic acids is 3. The number of nitrogens with zero attached hydrogens (tertiary/aromatic N) is 2. The highest BCUT2D eigenvalue weighted by Gasteiger charge is 2.26. The van der Waals surface area contributed by atoms with Gasteiger partial charge in [-0.05, 0) is 19.1 Å². The molecule has 23 heavy (non-hydrogen) atoms. The first-order chi connectivity index (χ1) is 10.9. The maximum atomic E-state index is 13.7. The van der Waals surface area contributed by atoms with Crippen molar-refractivity contribution >= 4 is 17.6 Å². The van der Waals surface area contributed by atoms with Crippen LogP contribution in [0.25, 0.3) is 0 Å². The molecule has 0 bridgehead atoms. The van der Waals surface area contributed by atoms with Crippen molar-refractivity contribution in [3.05, 3.63) is 35.4 Å². The van der Waals surface area contributed by atoms with Gasteiger partial charge < -0.3 is 14.6 Å². The van der Waals surface area contributed by atoms with Crippen molar-refractivity contribution in [2.45, 2.75) is 19.8 Å². The summed E-state index contributed by atoms with van der Waals surface area (Å²) >= 11 is 0. The van der Waals surface area contributed by atoms with Crippen LogP contribution in [0.4, 0.5) is 8.78 Å². The average Bonchev–Trinajstić information content (AvgIpc) is 2.52. The smallest absolute Gasteiger partial charge is 0.256 e. The van der Waals surface area contributed by atoms with Crippen molar-refractivity contribution < 1.29 is 23.2 Å². The van der Waals surface area contributed by atoms with E-state index >= 15 is 0 Å². The largest absolute Gasteiger partial charge is 0.339 e. The zero-order valence-corrected chi connectivity index (χ0v) is 12.8. The Hall–Kier alpha value is -2.31. The Morgan fingerprint density at radius 2 is 1.61 bits per heavy atom. The summed E-state index contributed by atoms with van der Waals surface area (Å²) < 4.78 is 26.5. The molecule has 2 rings (SSSR count). The molecule has 1 aromatic rings. The lowest BCUT2D eigenvalue weighted by Gasteiger charge is -2.35. The number of hydrogen-bond donors (Lipinski definition) is 0. The maximum absolute atomic E-state index is 13.7. The average molecular weight is 324 g/mol. The van der Waals surface area contributed by atoms with E-state index in [-0.39, 0.29) is 43.2 Å². The number of ketones is 1. The van der Waals surface area contributed by atoms with E-state index in [0.29, 0.717) is 19.2 Å². The van der Waals surface area contributed by atoms with Crippen LogP contribution in [-0.4, -0.2) is 53.6 Å². The molecular formula is C16H18F2N2O3. The molecule has 0 atom stereocenters. The third kappa shape index (κ3) is 4.34. The Balaban J connectivity index is 1.92. The molecule has 0 unspecified atom stereocenters. The molecule has 0 saturated carbocycles. The van der Waals surface area contributed by atoms with Crippen LogP contribution < -0.4 is 0 Å². The Morgan fingerprint density at radius 3 is 2.17 bits per heavy atom. The first-order valence-electron chi connectivity index (χ1n) is 7.40. The van der Waals surface area contributed by atoms with Gasteiger partial charge in [0.05, 0.1) is 5.56 Å². The highest BCUT2D eigenvalue weighted by atomic mass is 19.1. The minimum absolute atomic E-state index is 0.0426. The second-order valence-corrected chi connectivity index (χ2v) is 5.50. The maximum Gasteiger partial charge on any atom is 0.256 e. The van der Waals surface area contributed by atoms with Gasteiger partial charge in [0.2, 0.25) is 5.91 Å². The molecule has 1 saturated heterocycles. The van der Waals surface area contributed by atoms with Gasteiger partial charge in [0.25, 0.3) is 5.91 Å². The minimum atomic E-state index is -0.894. The van der Waals surface area contributed by atoms with E-state index in [1.165, 1.54) is 11.8 Å². The molecule has 0 N–H and O–H groups in total. The van der Waals surface area contributed by atoms with Crippen LogP contribution in [0.3, 0.4) is 0 Å². The fourth-order valence-corrected chi connectivity index (χ4v) is 2.43. The highest BCUT2D eigenvalue weighted by molar-refractivity contribution is 5.94. The number of rotatable bonds is 4. The molecule has 0 aromatic heterocycles. The minimum Gasteiger partial charge on any atom is -0.339 e. The highest BCUT2D eigenvalue weighted by Crippen LogP contribution is 2.14. The summed E-state index contributed by atoms with van der Waals surface area (Å²) in [6.07, 6.45) is 0.370. The first-order valence-corrected chi connectivity index (χ1v) is 7.40. The lowest BCUT2D eigenvalue weighted by molar-refractivity contribution is -0.134. The van der Waals surface area contributed by atoms with Crippen LogP contribution >= 0.6 is 0 Å². The van der Waals surface area contributed by atoms with E-state index < -0.39 is 17.5 Å². The van der Waals surface area contributed by atoms with Gasteiger partial charge in [-0.1, -0.05) is 0 Å². The van der Waals surface area contributed by atoms with Crippen LogP contribution in [-0.2, 0) is 9.59 Å². The third-order valence-electron chi connectivity index (χ3n) is 3.77. The molecule has 0 aliphatic carbocycles. The Labute approximate surface area is 132 Å². The van der Waals surface area contributed by atoms with Crippen molar-refractivity contribution in [3.63, 3.8) is 0 Å². The standard InChI is InChI=1S/C16H18F2N2O3/c1-11(21)2-5-15(22)19-6-8-20(9-7-19)16(23)13-4-3-12(17)10-14(13)18/h3-4,10H,2,5-9H2,1H3. The van der Waals surface area contributed by atoms with Crippen LogP contribution in [0.1, 0.15) is 30.1 Å². The van der Waals surface area contributed by atoms with E-state index in [2.05, 4.69) is 0 Å². The Morgan fingerprint density at radius 1 is 1.00 bits per heavy atom. The van der Waals surface area contributed by atoms with Crippen LogP contribution in [0.5, 0.6) is 0 Å². The van der Waals surface area contributed by atoms with E-state index in [1.807, 2.05) is 0 Å². The van der Waals surface area contributed by atoms with Crippen molar-refractivity contribution in [3.8, 4) is 0 Å². The predicted octanol–water partition coefficient (Wildman–Crippen LogP) is 1.62. The number of carbonyl (C=O) groups is 3. The molecule has 2 amide bonds. The number of benzene rings is 1. The SMILES string of the molecule is CC(=O)CCC(=O)N1CCN(C(=O)c2ccc(F)cc2F)CC1. The lowest BCUT2D eigenvalue weighted by Crippen LogP contribution is -2.50. The summed E-state index contributed by atoms with van der Waals surface area (Å²) in [6, 6.07) is 2.84. The van der Waals surface area contributed by atoms with Crippen LogP contribution in [0.2, 0.25) is 0 Å². The molecule has 1 aromatic carbocycles. The summed E-state index contributed by atoms with van der Waals surface area (Å²) in [5, 5.41) is 0. The van der Waals surface area contributed by atoms with Crippen LogP contribution in [0, 0.1) is 11.6 Å². The Kier molecular flexibility index (Phi) is 5.41. The van der Waals surface area contributed by atoms with Gasteiger partial charge in [0, 0.05) is 45.1 Å². The monoisotopic (exact) mass is 324 g/mol. The van der Waals surface area contributed by atoms with Gasteiger partial charge in [-0.25, -0.2) is 8.78 Å². The van der Waals surface area contributed by atoms with E-state index in [9.17, 15) is 23.2 Å². The van der Waals surface area contributed by atoms with Gasteiger partial charge in [0.15, 0.2) is 0 Å². The molecule has 1 aliphatic heterocycles. The van der Waals surface area contributed by atoms with Crippen molar-refractivity contribution in [1.82, 2.24) is 9.80 Å².